The smallest absolute Gasteiger partial charge is 0.337 e. The van der Waals surface area contributed by atoms with Gasteiger partial charge in [0.25, 0.3) is 0 Å². The first-order valence-electron chi connectivity index (χ1n) is 3.59. The normalized spacial score (nSPS) is 28.5. The lowest BCUT2D eigenvalue weighted by Crippen LogP contribution is -2.24. The molecule has 1 aliphatic rings. The highest BCUT2D eigenvalue weighted by molar-refractivity contribution is 5.92. The van der Waals surface area contributed by atoms with E-state index in [1.165, 1.54) is 6.92 Å². The van der Waals surface area contributed by atoms with E-state index in [9.17, 15) is 9.59 Å². The van der Waals surface area contributed by atoms with Gasteiger partial charge in [0.1, 0.15) is 6.10 Å². The van der Waals surface area contributed by atoms with E-state index in [-0.39, 0.29) is 5.57 Å². The lowest BCUT2D eigenvalue weighted by atomic mass is 10.1. The minimum absolute atomic E-state index is 0.206. The molecule has 0 aliphatic carbocycles. The lowest BCUT2D eigenvalue weighted by Gasteiger charge is -2.12. The van der Waals surface area contributed by atoms with E-state index >= 15 is 0 Å². The van der Waals surface area contributed by atoms with Crippen molar-refractivity contribution in [2.75, 3.05) is 0 Å². The summed E-state index contributed by atoms with van der Waals surface area (Å²) >= 11 is 0. The molecule has 0 radical (unpaired) electrons. The van der Waals surface area contributed by atoms with Crippen LogP contribution >= 0.6 is 0 Å². The SMILES string of the molecule is C=C1C(=O)O[C@@H](C)[C@H]1OC(C)=O. The van der Waals surface area contributed by atoms with Gasteiger partial charge in [0.15, 0.2) is 6.10 Å². The summed E-state index contributed by atoms with van der Waals surface area (Å²) < 4.78 is 9.59. The molecule has 1 fully saturated rings. The van der Waals surface area contributed by atoms with Crippen molar-refractivity contribution in [2.45, 2.75) is 26.1 Å². The predicted octanol–water partition coefficient (Wildman–Crippen LogP) is 0.420. The Morgan fingerprint density at radius 3 is 2.58 bits per heavy atom. The van der Waals surface area contributed by atoms with Gasteiger partial charge in [-0.2, -0.15) is 0 Å². The fraction of sp³-hybridized carbons (Fsp3) is 0.500. The minimum Gasteiger partial charge on any atom is -0.455 e. The maximum absolute atomic E-state index is 10.9. The summed E-state index contributed by atoms with van der Waals surface area (Å²) in [7, 11) is 0. The van der Waals surface area contributed by atoms with Gasteiger partial charge in [-0.05, 0) is 6.92 Å². The number of hydrogen-bond donors (Lipinski definition) is 0. The monoisotopic (exact) mass is 170 g/mol. The Morgan fingerprint density at radius 2 is 2.25 bits per heavy atom. The molecule has 0 aromatic rings. The number of carbonyl (C=O) groups is 2. The Morgan fingerprint density at radius 1 is 1.67 bits per heavy atom. The Kier molecular flexibility index (Phi) is 2.17. The topological polar surface area (TPSA) is 52.6 Å². The van der Waals surface area contributed by atoms with Crippen LogP contribution in [-0.4, -0.2) is 24.1 Å². The summed E-state index contributed by atoms with van der Waals surface area (Å²) in [5.41, 5.74) is 0.206. The third-order valence-electron chi connectivity index (χ3n) is 1.62. The molecule has 1 aliphatic heterocycles. The summed E-state index contributed by atoms with van der Waals surface area (Å²) in [4.78, 5) is 21.4. The highest BCUT2D eigenvalue weighted by Crippen LogP contribution is 2.22. The van der Waals surface area contributed by atoms with Crippen LogP contribution in [0.25, 0.3) is 0 Å². The Labute approximate surface area is 70.1 Å². The van der Waals surface area contributed by atoms with Gasteiger partial charge in [-0.3, -0.25) is 4.79 Å². The van der Waals surface area contributed by atoms with Gasteiger partial charge in [-0.1, -0.05) is 6.58 Å². The molecule has 4 heteroatoms. The summed E-state index contributed by atoms with van der Waals surface area (Å²) in [6, 6.07) is 0. The van der Waals surface area contributed by atoms with Crippen LogP contribution < -0.4 is 0 Å². The second kappa shape index (κ2) is 2.97. The van der Waals surface area contributed by atoms with Gasteiger partial charge < -0.3 is 9.47 Å². The predicted molar refractivity (Wildman–Crippen MR) is 40.2 cm³/mol. The second-order valence-corrected chi connectivity index (χ2v) is 2.67. The molecule has 66 valence electrons. The third-order valence-corrected chi connectivity index (χ3v) is 1.62. The van der Waals surface area contributed by atoms with Crippen LogP contribution in [0.1, 0.15) is 13.8 Å². The highest BCUT2D eigenvalue weighted by Gasteiger charge is 2.37. The van der Waals surface area contributed by atoms with Gasteiger partial charge in [0.2, 0.25) is 0 Å². The van der Waals surface area contributed by atoms with E-state index in [4.69, 9.17) is 9.47 Å². The highest BCUT2D eigenvalue weighted by atomic mass is 16.6. The van der Waals surface area contributed by atoms with Gasteiger partial charge in [-0.25, -0.2) is 4.79 Å². The molecular weight excluding hydrogens is 160 g/mol. The first-order valence-corrected chi connectivity index (χ1v) is 3.59. The zero-order chi connectivity index (χ0) is 9.30. The Hall–Kier alpha value is -1.32. The van der Waals surface area contributed by atoms with E-state index in [0.29, 0.717) is 0 Å². The Balaban J connectivity index is 2.70. The summed E-state index contributed by atoms with van der Waals surface area (Å²) in [5.74, 6) is -0.931. The van der Waals surface area contributed by atoms with Gasteiger partial charge >= 0.3 is 11.9 Å². The van der Waals surface area contributed by atoms with Crippen molar-refractivity contribution in [3.63, 3.8) is 0 Å². The molecule has 1 saturated heterocycles. The van der Waals surface area contributed by atoms with Crippen molar-refractivity contribution >= 4 is 11.9 Å². The molecule has 0 aromatic carbocycles. The molecule has 1 rings (SSSR count). The molecule has 0 bridgehead atoms. The summed E-state index contributed by atoms with van der Waals surface area (Å²) in [6.45, 7) is 6.41. The molecule has 0 unspecified atom stereocenters. The molecule has 12 heavy (non-hydrogen) atoms. The van der Waals surface area contributed by atoms with Crippen LogP contribution in [0.5, 0.6) is 0 Å². The van der Waals surface area contributed by atoms with Crippen LogP contribution in [-0.2, 0) is 19.1 Å². The Bertz CT molecular complexity index is 243. The molecule has 0 N–H and O–H groups in total. The van der Waals surface area contributed by atoms with Crippen LogP contribution in [0.15, 0.2) is 12.2 Å². The fourth-order valence-electron chi connectivity index (χ4n) is 1.05. The maximum Gasteiger partial charge on any atom is 0.337 e. The molecule has 2 atom stereocenters. The van der Waals surface area contributed by atoms with E-state index in [1.807, 2.05) is 0 Å². The van der Waals surface area contributed by atoms with E-state index < -0.39 is 24.1 Å². The summed E-state index contributed by atoms with van der Waals surface area (Å²) in [5, 5.41) is 0. The minimum atomic E-state index is -0.616. The number of carbonyl (C=O) groups excluding carboxylic acids is 2. The third kappa shape index (κ3) is 1.47. The molecule has 0 saturated carbocycles. The van der Waals surface area contributed by atoms with Crippen molar-refractivity contribution in [3.05, 3.63) is 12.2 Å². The number of ether oxygens (including phenoxy) is 2. The quantitative estimate of drug-likeness (QED) is 0.422. The van der Waals surface area contributed by atoms with E-state index in [0.717, 1.165) is 0 Å². The molecule has 0 spiro atoms. The maximum atomic E-state index is 10.9. The molecule has 0 aromatic heterocycles. The molecule has 1 heterocycles. The largest absolute Gasteiger partial charge is 0.455 e. The van der Waals surface area contributed by atoms with Gasteiger partial charge in [0.05, 0.1) is 5.57 Å². The molecule has 0 amide bonds. The van der Waals surface area contributed by atoms with Crippen LogP contribution in [0, 0.1) is 0 Å². The standard InChI is InChI=1S/C8H10O4/c1-4-7(12-6(3)9)5(2)11-8(4)10/h5,7H,1H2,2-3H3/t5-,7-/m0/s1. The average molecular weight is 170 g/mol. The van der Waals surface area contributed by atoms with Crippen LogP contribution in [0.4, 0.5) is 0 Å². The van der Waals surface area contributed by atoms with Crippen LogP contribution in [0.2, 0.25) is 0 Å². The van der Waals surface area contributed by atoms with Crippen LogP contribution in [0.3, 0.4) is 0 Å². The van der Waals surface area contributed by atoms with Crippen molar-refractivity contribution in [1.29, 1.82) is 0 Å². The first-order chi connectivity index (χ1) is 5.52. The average Bonchev–Trinajstić information content (AvgIpc) is 2.16. The summed E-state index contributed by atoms with van der Waals surface area (Å²) in [6.07, 6.45) is -1.04. The number of hydrogen-bond acceptors (Lipinski definition) is 4. The number of esters is 2. The zero-order valence-corrected chi connectivity index (χ0v) is 6.99. The van der Waals surface area contributed by atoms with Crippen molar-refractivity contribution in [2.24, 2.45) is 0 Å². The first kappa shape index (κ1) is 8.77. The van der Waals surface area contributed by atoms with E-state index in [1.54, 1.807) is 6.92 Å². The second-order valence-electron chi connectivity index (χ2n) is 2.67. The van der Waals surface area contributed by atoms with Crippen molar-refractivity contribution in [3.8, 4) is 0 Å². The van der Waals surface area contributed by atoms with Crippen molar-refractivity contribution in [1.82, 2.24) is 0 Å². The molecular formula is C8H10O4. The lowest BCUT2D eigenvalue weighted by molar-refractivity contribution is -0.149. The van der Waals surface area contributed by atoms with E-state index in [2.05, 4.69) is 6.58 Å². The van der Waals surface area contributed by atoms with Crippen molar-refractivity contribution < 1.29 is 19.1 Å². The zero-order valence-electron chi connectivity index (χ0n) is 6.99. The molecule has 4 nitrogen and oxygen atoms in total. The number of rotatable bonds is 1. The van der Waals surface area contributed by atoms with Gasteiger partial charge in [0, 0.05) is 6.92 Å². The number of cyclic esters (lactones) is 1. The fourth-order valence-corrected chi connectivity index (χ4v) is 1.05. The van der Waals surface area contributed by atoms with Gasteiger partial charge in [-0.15, -0.1) is 0 Å².